The third-order valence-electron chi connectivity index (χ3n) is 4.30. The van der Waals surface area contributed by atoms with E-state index in [0.717, 1.165) is 4.68 Å². The van der Waals surface area contributed by atoms with Crippen LogP contribution in [0.3, 0.4) is 0 Å². The van der Waals surface area contributed by atoms with E-state index in [2.05, 4.69) is 5.10 Å². The summed E-state index contributed by atoms with van der Waals surface area (Å²) in [5.74, 6) is -0.318. The lowest BCUT2D eigenvalue weighted by Crippen LogP contribution is -2.26. The van der Waals surface area contributed by atoms with Gasteiger partial charge in [-0.25, -0.2) is 9.07 Å². The Morgan fingerprint density at radius 1 is 1.24 bits per heavy atom. The van der Waals surface area contributed by atoms with Crippen LogP contribution in [0.1, 0.15) is 27.9 Å². The van der Waals surface area contributed by atoms with Crippen LogP contribution >= 0.6 is 11.6 Å². The number of hydrogen-bond acceptors (Lipinski definition) is 5. The summed E-state index contributed by atoms with van der Waals surface area (Å²) in [5.41, 5.74) is 1.60. The number of aliphatic hydroxyl groups is 1. The number of nitrogens with zero attached hydrogens (tertiary/aromatic N) is 3. The predicted molar refractivity (Wildman–Crippen MR) is 106 cm³/mol. The van der Waals surface area contributed by atoms with Crippen molar-refractivity contribution in [2.45, 2.75) is 27.0 Å². The second-order valence-corrected chi connectivity index (χ2v) is 6.95. The first-order chi connectivity index (χ1) is 13.8. The van der Waals surface area contributed by atoms with E-state index in [1.807, 2.05) is 6.07 Å². The van der Waals surface area contributed by atoms with E-state index >= 15 is 4.39 Å². The number of rotatable bonds is 5. The first-order valence-electron chi connectivity index (χ1n) is 8.67. The normalized spacial score (nSPS) is 10.6. The van der Waals surface area contributed by atoms with E-state index in [9.17, 15) is 9.90 Å². The van der Waals surface area contributed by atoms with Crippen LogP contribution in [0.5, 0.6) is 11.5 Å². The Labute approximate surface area is 171 Å². The standard InChI is InChI=1S/C21H17ClFN3O3/c1-12-3-4-15(8-17-5-13(2)21(28)26(11-27)25-17)19(23)20(12)29-18-7-14(10-24)6-16(22)9-18/h3-7,9,27H,8,11H2,1-2H3. The van der Waals surface area contributed by atoms with Crippen molar-refractivity contribution in [3.8, 4) is 17.6 Å². The molecule has 0 aliphatic rings. The molecule has 0 unspecified atom stereocenters. The molecule has 3 rings (SSSR count). The molecule has 0 spiro atoms. The molecule has 0 fully saturated rings. The topological polar surface area (TPSA) is 88.1 Å². The molecule has 1 aromatic heterocycles. The first-order valence-corrected chi connectivity index (χ1v) is 9.05. The molecule has 8 heteroatoms. The molecule has 0 amide bonds. The second-order valence-electron chi connectivity index (χ2n) is 6.52. The minimum atomic E-state index is -0.579. The monoisotopic (exact) mass is 413 g/mol. The van der Waals surface area contributed by atoms with Crippen LogP contribution in [0, 0.1) is 31.0 Å². The van der Waals surface area contributed by atoms with Crippen molar-refractivity contribution in [1.29, 1.82) is 5.26 Å². The average molecular weight is 414 g/mol. The molecule has 3 aromatic rings. The van der Waals surface area contributed by atoms with Crippen molar-refractivity contribution in [1.82, 2.24) is 9.78 Å². The highest BCUT2D eigenvalue weighted by Gasteiger charge is 2.16. The maximum Gasteiger partial charge on any atom is 0.271 e. The lowest BCUT2D eigenvalue weighted by Gasteiger charge is -2.14. The fraction of sp³-hybridized carbons (Fsp3) is 0.190. The molecule has 0 saturated heterocycles. The summed E-state index contributed by atoms with van der Waals surface area (Å²) in [7, 11) is 0. The van der Waals surface area contributed by atoms with Gasteiger partial charge in [0.05, 0.1) is 17.3 Å². The van der Waals surface area contributed by atoms with Gasteiger partial charge in [0.2, 0.25) is 0 Å². The second kappa shape index (κ2) is 8.43. The fourth-order valence-corrected chi connectivity index (χ4v) is 3.11. The summed E-state index contributed by atoms with van der Waals surface area (Å²) in [6.07, 6.45) is 0.0998. The summed E-state index contributed by atoms with van der Waals surface area (Å²) in [6.45, 7) is 2.74. The number of aryl methyl sites for hydroxylation is 2. The number of halogens is 2. The predicted octanol–water partition coefficient (Wildman–Crippen LogP) is 3.86. The van der Waals surface area contributed by atoms with Crippen LogP contribution in [0.2, 0.25) is 5.02 Å². The first kappa shape index (κ1) is 20.5. The molecular formula is C21H17ClFN3O3. The molecule has 0 radical (unpaired) electrons. The minimum absolute atomic E-state index is 0.0147. The van der Waals surface area contributed by atoms with Gasteiger partial charge in [0.1, 0.15) is 12.5 Å². The third-order valence-corrected chi connectivity index (χ3v) is 4.52. The zero-order valence-electron chi connectivity index (χ0n) is 15.7. The van der Waals surface area contributed by atoms with Gasteiger partial charge in [-0.15, -0.1) is 0 Å². The zero-order valence-corrected chi connectivity index (χ0v) is 16.5. The summed E-state index contributed by atoms with van der Waals surface area (Å²) < 4.78 is 21.8. The molecule has 6 nitrogen and oxygen atoms in total. The molecule has 2 aromatic carbocycles. The largest absolute Gasteiger partial charge is 0.454 e. The van der Waals surface area contributed by atoms with E-state index in [0.29, 0.717) is 33.0 Å². The third kappa shape index (κ3) is 4.45. The Balaban J connectivity index is 1.98. The van der Waals surface area contributed by atoms with Crippen LogP contribution in [0.15, 0.2) is 41.2 Å². The summed E-state index contributed by atoms with van der Waals surface area (Å²) in [5, 5.41) is 22.7. The Hall–Kier alpha value is -3.21. The summed E-state index contributed by atoms with van der Waals surface area (Å²) in [6, 6.07) is 11.3. The molecule has 0 saturated carbocycles. The van der Waals surface area contributed by atoms with Crippen LogP contribution < -0.4 is 10.3 Å². The fourth-order valence-electron chi connectivity index (χ4n) is 2.88. The molecular weight excluding hydrogens is 397 g/mol. The van der Waals surface area contributed by atoms with Gasteiger partial charge in [0.15, 0.2) is 11.6 Å². The van der Waals surface area contributed by atoms with Gasteiger partial charge < -0.3 is 9.84 Å². The summed E-state index contributed by atoms with van der Waals surface area (Å²) >= 11 is 5.99. The maximum atomic E-state index is 15.2. The van der Waals surface area contributed by atoms with Crippen molar-refractivity contribution in [2.24, 2.45) is 0 Å². The van der Waals surface area contributed by atoms with E-state index in [1.165, 1.54) is 18.2 Å². The van der Waals surface area contributed by atoms with Gasteiger partial charge in [-0.1, -0.05) is 23.7 Å². The van der Waals surface area contributed by atoms with E-state index in [-0.39, 0.29) is 17.9 Å². The van der Waals surface area contributed by atoms with Crippen LogP contribution in [0.25, 0.3) is 0 Å². The van der Waals surface area contributed by atoms with Gasteiger partial charge in [-0.2, -0.15) is 10.4 Å². The maximum absolute atomic E-state index is 15.2. The Morgan fingerprint density at radius 2 is 2.00 bits per heavy atom. The molecule has 0 bridgehead atoms. The summed E-state index contributed by atoms with van der Waals surface area (Å²) in [4.78, 5) is 11.9. The number of nitriles is 1. The van der Waals surface area contributed by atoms with Crippen molar-refractivity contribution >= 4 is 11.6 Å². The van der Waals surface area contributed by atoms with Crippen LogP contribution in [-0.4, -0.2) is 14.9 Å². The molecule has 1 N–H and O–H groups in total. The number of hydrogen-bond donors (Lipinski definition) is 1. The Morgan fingerprint density at radius 3 is 2.69 bits per heavy atom. The smallest absolute Gasteiger partial charge is 0.271 e. The number of ether oxygens (including phenoxy) is 1. The quantitative estimate of drug-likeness (QED) is 0.686. The SMILES string of the molecule is Cc1ccc(Cc2cc(C)c(=O)n(CO)n2)c(F)c1Oc1cc(Cl)cc(C#N)c1. The zero-order chi connectivity index (χ0) is 21.1. The molecule has 0 atom stereocenters. The van der Waals surface area contributed by atoms with Crippen molar-refractivity contribution in [2.75, 3.05) is 0 Å². The molecule has 29 heavy (non-hydrogen) atoms. The highest BCUT2D eigenvalue weighted by Crippen LogP contribution is 2.32. The lowest BCUT2D eigenvalue weighted by atomic mass is 10.0. The van der Waals surface area contributed by atoms with Crippen molar-refractivity contribution < 1.29 is 14.2 Å². The average Bonchev–Trinajstić information content (AvgIpc) is 2.69. The van der Waals surface area contributed by atoms with Crippen molar-refractivity contribution in [3.05, 3.63) is 85.5 Å². The van der Waals surface area contributed by atoms with Gasteiger partial charge >= 0.3 is 0 Å². The minimum Gasteiger partial charge on any atom is -0.454 e. The highest BCUT2D eigenvalue weighted by molar-refractivity contribution is 6.30. The van der Waals surface area contributed by atoms with Gasteiger partial charge in [0.25, 0.3) is 5.56 Å². The molecule has 0 aliphatic carbocycles. The van der Waals surface area contributed by atoms with Gasteiger partial charge in [-0.05, 0) is 49.2 Å². The van der Waals surface area contributed by atoms with E-state index in [1.54, 1.807) is 32.0 Å². The van der Waals surface area contributed by atoms with Gasteiger partial charge in [-0.3, -0.25) is 4.79 Å². The number of aromatic nitrogens is 2. The highest BCUT2D eigenvalue weighted by atomic mass is 35.5. The van der Waals surface area contributed by atoms with Gasteiger partial charge in [0, 0.05) is 17.0 Å². The number of benzene rings is 2. The van der Waals surface area contributed by atoms with E-state index < -0.39 is 18.1 Å². The Kier molecular flexibility index (Phi) is 5.97. The number of aliphatic hydroxyl groups excluding tert-OH is 1. The van der Waals surface area contributed by atoms with Crippen LogP contribution in [-0.2, 0) is 13.2 Å². The molecule has 1 heterocycles. The lowest BCUT2D eigenvalue weighted by molar-refractivity contribution is 0.187. The van der Waals surface area contributed by atoms with E-state index in [4.69, 9.17) is 21.6 Å². The Bertz CT molecular complexity index is 1190. The van der Waals surface area contributed by atoms with Crippen LogP contribution in [0.4, 0.5) is 4.39 Å². The molecule has 148 valence electrons. The molecule has 0 aliphatic heterocycles. The van der Waals surface area contributed by atoms with Crippen molar-refractivity contribution in [3.63, 3.8) is 0 Å².